The van der Waals surface area contributed by atoms with Crippen LogP contribution in [-0.2, 0) is 0 Å². The Morgan fingerprint density at radius 2 is 2.33 bits per heavy atom. The standard InChI is InChI=1S/C5H10N/c1-4-5(2)6-3/h1,4H2,2-3H3. The summed E-state index contributed by atoms with van der Waals surface area (Å²) in [6.07, 6.45) is 0.830. The lowest BCUT2D eigenvalue weighted by molar-refractivity contribution is 1.33. The Hall–Kier alpha value is -0.330. The van der Waals surface area contributed by atoms with Crippen molar-refractivity contribution in [3.8, 4) is 0 Å². The molecule has 0 rings (SSSR count). The molecule has 1 radical (unpaired) electrons. The van der Waals surface area contributed by atoms with Crippen LogP contribution in [0.25, 0.3) is 0 Å². The normalized spacial score (nSPS) is 12.2. The third kappa shape index (κ3) is 1.94. The third-order valence-corrected chi connectivity index (χ3v) is 0.744. The quantitative estimate of drug-likeness (QED) is 0.425. The average molecular weight is 84.1 g/mol. The Morgan fingerprint density at radius 1 is 1.83 bits per heavy atom. The van der Waals surface area contributed by atoms with Gasteiger partial charge in [0, 0.05) is 12.8 Å². The number of rotatable bonds is 1. The van der Waals surface area contributed by atoms with E-state index >= 15 is 0 Å². The minimum atomic E-state index is 0.830. The first-order chi connectivity index (χ1) is 2.81. The first kappa shape index (κ1) is 5.67. The average Bonchev–Trinajstić information content (AvgIpc) is 1.65. The van der Waals surface area contributed by atoms with Crippen LogP contribution in [0.3, 0.4) is 0 Å². The number of aliphatic imine (C=N–C) groups is 1. The van der Waals surface area contributed by atoms with Gasteiger partial charge in [-0.1, -0.05) is 0 Å². The lowest BCUT2D eigenvalue weighted by Gasteiger charge is -1.83. The molecule has 1 nitrogen and oxygen atoms in total. The molecule has 0 aromatic carbocycles. The van der Waals surface area contributed by atoms with Crippen molar-refractivity contribution >= 4 is 5.71 Å². The second-order valence-corrected chi connectivity index (χ2v) is 1.21. The molecule has 0 atom stereocenters. The van der Waals surface area contributed by atoms with Gasteiger partial charge in [0.25, 0.3) is 0 Å². The fourth-order valence-electron chi connectivity index (χ4n) is 0.112. The lowest BCUT2D eigenvalue weighted by Crippen LogP contribution is -1.83. The van der Waals surface area contributed by atoms with Crippen LogP contribution in [0.5, 0.6) is 0 Å². The maximum absolute atomic E-state index is 3.86. The molecule has 0 N–H and O–H groups in total. The van der Waals surface area contributed by atoms with Crippen LogP contribution in [0.15, 0.2) is 4.99 Å². The van der Waals surface area contributed by atoms with Gasteiger partial charge in [-0.05, 0) is 20.3 Å². The maximum Gasteiger partial charge on any atom is 0.0276 e. The second kappa shape index (κ2) is 2.88. The molecule has 0 fully saturated rings. The topological polar surface area (TPSA) is 12.4 Å². The molecule has 0 bridgehead atoms. The van der Waals surface area contributed by atoms with Gasteiger partial charge in [0.15, 0.2) is 0 Å². The molecule has 0 heterocycles. The molecular weight excluding hydrogens is 74.1 g/mol. The van der Waals surface area contributed by atoms with Gasteiger partial charge in [-0.3, -0.25) is 4.99 Å². The maximum atomic E-state index is 3.86. The Bertz CT molecular complexity index is 55.0. The van der Waals surface area contributed by atoms with Crippen molar-refractivity contribution in [1.82, 2.24) is 0 Å². The molecule has 0 aromatic heterocycles. The highest BCUT2D eigenvalue weighted by Gasteiger charge is 1.75. The van der Waals surface area contributed by atoms with Crippen molar-refractivity contribution < 1.29 is 0 Å². The molecule has 0 aliphatic rings. The smallest absolute Gasteiger partial charge is 0.0276 e. The molecule has 0 aliphatic carbocycles. The zero-order chi connectivity index (χ0) is 4.99. The van der Waals surface area contributed by atoms with E-state index in [-0.39, 0.29) is 0 Å². The molecule has 1 heteroatoms. The van der Waals surface area contributed by atoms with Gasteiger partial charge in [0.1, 0.15) is 0 Å². The minimum Gasteiger partial charge on any atom is -0.298 e. The van der Waals surface area contributed by atoms with Crippen molar-refractivity contribution in [3.63, 3.8) is 0 Å². The third-order valence-electron chi connectivity index (χ3n) is 0.744. The van der Waals surface area contributed by atoms with Crippen LogP contribution in [-0.4, -0.2) is 12.8 Å². The molecule has 35 valence electrons. The molecule has 0 saturated heterocycles. The van der Waals surface area contributed by atoms with Crippen molar-refractivity contribution in [2.24, 2.45) is 4.99 Å². The molecular formula is C5H10N. The van der Waals surface area contributed by atoms with E-state index in [2.05, 4.69) is 11.9 Å². The van der Waals surface area contributed by atoms with E-state index in [0.29, 0.717) is 0 Å². The van der Waals surface area contributed by atoms with E-state index in [4.69, 9.17) is 0 Å². The van der Waals surface area contributed by atoms with E-state index in [9.17, 15) is 0 Å². The predicted molar refractivity (Wildman–Crippen MR) is 29.0 cm³/mol. The summed E-state index contributed by atoms with van der Waals surface area (Å²) in [5, 5.41) is 0. The summed E-state index contributed by atoms with van der Waals surface area (Å²) in [5.74, 6) is 0. The van der Waals surface area contributed by atoms with Crippen molar-refractivity contribution in [2.75, 3.05) is 7.05 Å². The van der Waals surface area contributed by atoms with Gasteiger partial charge in [-0.25, -0.2) is 0 Å². The monoisotopic (exact) mass is 84.1 g/mol. The summed E-state index contributed by atoms with van der Waals surface area (Å²) in [7, 11) is 1.78. The molecule has 0 aromatic rings. The van der Waals surface area contributed by atoms with Crippen LogP contribution in [0, 0.1) is 6.92 Å². The highest BCUT2D eigenvalue weighted by molar-refractivity contribution is 5.82. The Balaban J connectivity index is 3.22. The summed E-state index contributed by atoms with van der Waals surface area (Å²) in [4.78, 5) is 3.86. The zero-order valence-corrected chi connectivity index (χ0v) is 4.36. The van der Waals surface area contributed by atoms with Gasteiger partial charge in [0.2, 0.25) is 0 Å². The molecule has 6 heavy (non-hydrogen) atoms. The summed E-state index contributed by atoms with van der Waals surface area (Å²) in [6.45, 7) is 5.59. The first-order valence-corrected chi connectivity index (χ1v) is 2.02. The van der Waals surface area contributed by atoms with Crippen LogP contribution >= 0.6 is 0 Å². The van der Waals surface area contributed by atoms with Gasteiger partial charge in [-0.15, -0.1) is 0 Å². The van der Waals surface area contributed by atoms with Crippen molar-refractivity contribution in [3.05, 3.63) is 6.92 Å². The van der Waals surface area contributed by atoms with E-state index in [1.807, 2.05) is 6.92 Å². The van der Waals surface area contributed by atoms with E-state index in [0.717, 1.165) is 12.1 Å². The van der Waals surface area contributed by atoms with Crippen molar-refractivity contribution in [1.29, 1.82) is 0 Å². The second-order valence-electron chi connectivity index (χ2n) is 1.21. The van der Waals surface area contributed by atoms with Gasteiger partial charge >= 0.3 is 0 Å². The highest BCUT2D eigenvalue weighted by Crippen LogP contribution is 1.77. The van der Waals surface area contributed by atoms with Crippen LogP contribution in [0.2, 0.25) is 0 Å². The van der Waals surface area contributed by atoms with E-state index < -0.39 is 0 Å². The molecule has 0 aliphatic heterocycles. The van der Waals surface area contributed by atoms with Gasteiger partial charge in [-0.2, -0.15) is 0 Å². The number of hydrogen-bond donors (Lipinski definition) is 0. The minimum absolute atomic E-state index is 0.830. The highest BCUT2D eigenvalue weighted by atomic mass is 14.7. The summed E-state index contributed by atoms with van der Waals surface area (Å²) < 4.78 is 0. The largest absolute Gasteiger partial charge is 0.298 e. The van der Waals surface area contributed by atoms with Crippen LogP contribution in [0.1, 0.15) is 13.3 Å². The number of hydrogen-bond acceptors (Lipinski definition) is 1. The van der Waals surface area contributed by atoms with Crippen LogP contribution in [0.4, 0.5) is 0 Å². The summed E-state index contributed by atoms with van der Waals surface area (Å²) in [5.41, 5.74) is 1.11. The zero-order valence-electron chi connectivity index (χ0n) is 4.36. The summed E-state index contributed by atoms with van der Waals surface area (Å²) >= 11 is 0. The fraction of sp³-hybridized carbons (Fsp3) is 0.600. The Labute approximate surface area is 39.1 Å². The van der Waals surface area contributed by atoms with Crippen molar-refractivity contribution in [2.45, 2.75) is 13.3 Å². The van der Waals surface area contributed by atoms with Crippen LogP contribution < -0.4 is 0 Å². The molecule has 0 saturated carbocycles. The molecule has 0 amide bonds. The van der Waals surface area contributed by atoms with Gasteiger partial charge in [0.05, 0.1) is 0 Å². The SMILES string of the molecule is [CH2]CC(C)=NC. The van der Waals surface area contributed by atoms with Gasteiger partial charge < -0.3 is 0 Å². The first-order valence-electron chi connectivity index (χ1n) is 2.02. The molecule has 0 unspecified atom stereocenters. The fourth-order valence-corrected chi connectivity index (χ4v) is 0.112. The Morgan fingerprint density at radius 3 is 2.33 bits per heavy atom. The predicted octanol–water partition coefficient (Wildman–Crippen LogP) is 1.30. The Kier molecular flexibility index (Phi) is 2.73. The molecule has 0 spiro atoms. The number of nitrogens with zero attached hydrogens (tertiary/aromatic N) is 1. The van der Waals surface area contributed by atoms with E-state index in [1.165, 1.54) is 0 Å². The van der Waals surface area contributed by atoms with E-state index in [1.54, 1.807) is 7.05 Å². The lowest BCUT2D eigenvalue weighted by atomic mass is 10.3. The summed E-state index contributed by atoms with van der Waals surface area (Å²) in [6, 6.07) is 0.